The average Bonchev–Trinajstić information content (AvgIpc) is 2.64. The zero-order valence-electron chi connectivity index (χ0n) is 15.9. The van der Waals surface area contributed by atoms with Crippen LogP contribution in [0.2, 0.25) is 5.02 Å². The van der Waals surface area contributed by atoms with E-state index < -0.39 is 0 Å². The fourth-order valence-corrected chi connectivity index (χ4v) is 2.81. The van der Waals surface area contributed by atoms with Crippen LogP contribution in [0.3, 0.4) is 0 Å². The second-order valence-corrected chi connectivity index (χ2v) is 7.43. The van der Waals surface area contributed by atoms with Crippen molar-refractivity contribution in [1.29, 1.82) is 0 Å². The summed E-state index contributed by atoms with van der Waals surface area (Å²) in [6, 6.07) is 15.0. The minimum Gasteiger partial charge on any atom is -0.352 e. The third-order valence-corrected chi connectivity index (χ3v) is 4.55. The van der Waals surface area contributed by atoms with Crippen molar-refractivity contribution in [3.8, 4) is 0 Å². The lowest BCUT2D eigenvalue weighted by molar-refractivity contribution is -0.116. The second kappa shape index (κ2) is 10.7. The molecule has 0 aliphatic carbocycles. The number of halogens is 1. The molecule has 0 heterocycles. The average molecular weight is 387 g/mol. The Labute approximate surface area is 166 Å². The van der Waals surface area contributed by atoms with Gasteiger partial charge in [0, 0.05) is 18.5 Å². The summed E-state index contributed by atoms with van der Waals surface area (Å²) < 4.78 is 0. The summed E-state index contributed by atoms with van der Waals surface area (Å²) in [6.07, 6.45) is 2.92. The molecule has 0 saturated heterocycles. The van der Waals surface area contributed by atoms with Gasteiger partial charge in [-0.1, -0.05) is 55.8 Å². The highest BCUT2D eigenvalue weighted by molar-refractivity contribution is 6.33. The van der Waals surface area contributed by atoms with Gasteiger partial charge in [-0.05, 0) is 48.9 Å². The molecule has 144 valence electrons. The van der Waals surface area contributed by atoms with Gasteiger partial charge in [0.25, 0.3) is 5.91 Å². The Morgan fingerprint density at radius 3 is 2.52 bits per heavy atom. The molecule has 0 aromatic heterocycles. The number of carbonyl (C=O) groups is 2. The lowest BCUT2D eigenvalue weighted by Crippen LogP contribution is -2.25. The summed E-state index contributed by atoms with van der Waals surface area (Å²) in [7, 11) is 0. The summed E-state index contributed by atoms with van der Waals surface area (Å²) in [5.41, 5.74) is 2.17. The highest BCUT2D eigenvalue weighted by Crippen LogP contribution is 2.23. The zero-order valence-corrected chi connectivity index (χ0v) is 16.7. The summed E-state index contributed by atoms with van der Waals surface area (Å²) in [4.78, 5) is 24.5. The number of hydrogen-bond acceptors (Lipinski definition) is 2. The van der Waals surface area contributed by atoms with E-state index in [9.17, 15) is 9.59 Å². The molecule has 0 radical (unpaired) electrons. The van der Waals surface area contributed by atoms with E-state index in [2.05, 4.69) is 36.6 Å². The van der Waals surface area contributed by atoms with Gasteiger partial charge in [0.15, 0.2) is 0 Å². The normalized spacial score (nSPS) is 10.7. The molecular formula is C22H27ClN2O2. The van der Waals surface area contributed by atoms with Crippen LogP contribution in [-0.2, 0) is 11.2 Å². The van der Waals surface area contributed by atoms with E-state index in [1.165, 1.54) is 5.56 Å². The fraction of sp³-hybridized carbons (Fsp3) is 0.364. The molecule has 0 atom stereocenters. The highest BCUT2D eigenvalue weighted by atomic mass is 35.5. The van der Waals surface area contributed by atoms with E-state index in [0.717, 1.165) is 19.3 Å². The molecule has 2 aromatic carbocycles. The summed E-state index contributed by atoms with van der Waals surface area (Å²) in [5.74, 6) is 0.262. The van der Waals surface area contributed by atoms with Gasteiger partial charge in [-0.15, -0.1) is 0 Å². The molecule has 0 aliphatic rings. The van der Waals surface area contributed by atoms with Gasteiger partial charge in [0.2, 0.25) is 5.91 Å². The maximum atomic E-state index is 12.2. The van der Waals surface area contributed by atoms with Gasteiger partial charge in [0.1, 0.15) is 0 Å². The molecule has 2 rings (SSSR count). The van der Waals surface area contributed by atoms with Crippen LogP contribution in [0, 0.1) is 5.92 Å². The first kappa shape index (κ1) is 21.0. The molecule has 5 heteroatoms. The number of aryl methyl sites for hydroxylation is 1. The Balaban J connectivity index is 1.87. The first-order chi connectivity index (χ1) is 13.0. The molecule has 0 aliphatic heterocycles. The van der Waals surface area contributed by atoms with E-state index in [-0.39, 0.29) is 11.8 Å². The first-order valence-electron chi connectivity index (χ1n) is 9.37. The van der Waals surface area contributed by atoms with Gasteiger partial charge >= 0.3 is 0 Å². The topological polar surface area (TPSA) is 58.2 Å². The number of carbonyl (C=O) groups excluding carboxylic acids is 2. The minimum atomic E-state index is -0.160. The van der Waals surface area contributed by atoms with Crippen LogP contribution in [0.5, 0.6) is 0 Å². The van der Waals surface area contributed by atoms with Crippen LogP contribution in [0.15, 0.2) is 48.5 Å². The van der Waals surface area contributed by atoms with Crippen LogP contribution >= 0.6 is 11.6 Å². The molecule has 0 unspecified atom stereocenters. The largest absolute Gasteiger partial charge is 0.352 e. The fourth-order valence-electron chi connectivity index (χ4n) is 2.65. The van der Waals surface area contributed by atoms with E-state index in [0.29, 0.717) is 35.2 Å². The Morgan fingerprint density at radius 1 is 1.07 bits per heavy atom. The van der Waals surface area contributed by atoms with Crippen LogP contribution < -0.4 is 10.6 Å². The zero-order chi connectivity index (χ0) is 19.6. The van der Waals surface area contributed by atoms with Crippen molar-refractivity contribution in [1.82, 2.24) is 5.32 Å². The van der Waals surface area contributed by atoms with Crippen LogP contribution in [0.25, 0.3) is 0 Å². The van der Waals surface area contributed by atoms with Gasteiger partial charge in [-0.3, -0.25) is 9.59 Å². The highest BCUT2D eigenvalue weighted by Gasteiger charge is 2.11. The summed E-state index contributed by atoms with van der Waals surface area (Å²) in [5, 5.41) is 6.12. The Bertz CT molecular complexity index is 760. The van der Waals surface area contributed by atoms with Crippen molar-refractivity contribution in [2.75, 3.05) is 11.9 Å². The molecular weight excluding hydrogens is 360 g/mol. The molecule has 2 amide bonds. The summed E-state index contributed by atoms with van der Waals surface area (Å²) >= 11 is 6.17. The number of anilines is 1. The number of amides is 2. The quantitative estimate of drug-likeness (QED) is 0.631. The van der Waals surface area contributed by atoms with E-state index >= 15 is 0 Å². The third-order valence-electron chi connectivity index (χ3n) is 4.22. The van der Waals surface area contributed by atoms with Gasteiger partial charge in [-0.25, -0.2) is 0 Å². The maximum Gasteiger partial charge on any atom is 0.251 e. The Kier molecular flexibility index (Phi) is 8.34. The molecule has 0 spiro atoms. The molecule has 2 N–H and O–H groups in total. The van der Waals surface area contributed by atoms with E-state index in [4.69, 9.17) is 11.6 Å². The van der Waals surface area contributed by atoms with Gasteiger partial charge in [-0.2, -0.15) is 0 Å². The molecule has 4 nitrogen and oxygen atoms in total. The van der Waals surface area contributed by atoms with Crippen molar-refractivity contribution in [3.63, 3.8) is 0 Å². The van der Waals surface area contributed by atoms with Gasteiger partial charge in [0.05, 0.1) is 10.7 Å². The van der Waals surface area contributed by atoms with Crippen LogP contribution in [0.4, 0.5) is 5.69 Å². The monoisotopic (exact) mass is 386 g/mol. The van der Waals surface area contributed by atoms with Crippen molar-refractivity contribution in [2.45, 2.75) is 39.5 Å². The third kappa shape index (κ3) is 7.43. The molecule has 0 bridgehead atoms. The van der Waals surface area contributed by atoms with Crippen LogP contribution in [-0.4, -0.2) is 18.4 Å². The lowest BCUT2D eigenvalue weighted by Gasteiger charge is -2.11. The molecule has 0 fully saturated rings. The maximum absolute atomic E-state index is 12.2. The predicted molar refractivity (Wildman–Crippen MR) is 111 cm³/mol. The molecule has 27 heavy (non-hydrogen) atoms. The van der Waals surface area contributed by atoms with Crippen LogP contribution in [0.1, 0.15) is 49.0 Å². The first-order valence-corrected chi connectivity index (χ1v) is 9.75. The number of benzene rings is 2. The lowest BCUT2D eigenvalue weighted by atomic mass is 10.1. The number of nitrogens with one attached hydrogen (secondary N) is 2. The van der Waals surface area contributed by atoms with E-state index in [1.807, 2.05) is 18.2 Å². The van der Waals surface area contributed by atoms with Crippen molar-refractivity contribution < 1.29 is 9.59 Å². The predicted octanol–water partition coefficient (Wildman–Crippen LogP) is 5.08. The van der Waals surface area contributed by atoms with E-state index in [1.54, 1.807) is 18.2 Å². The Hall–Kier alpha value is -2.33. The Morgan fingerprint density at radius 2 is 1.81 bits per heavy atom. The smallest absolute Gasteiger partial charge is 0.251 e. The second-order valence-electron chi connectivity index (χ2n) is 7.02. The van der Waals surface area contributed by atoms with Gasteiger partial charge < -0.3 is 10.6 Å². The minimum absolute atomic E-state index is 0.106. The molecule has 0 saturated carbocycles. The molecule has 2 aromatic rings. The van der Waals surface area contributed by atoms with Crippen molar-refractivity contribution >= 4 is 29.1 Å². The number of hydrogen-bond donors (Lipinski definition) is 2. The standard InChI is InChI=1S/C22H27ClN2O2/c1-16(2)13-14-24-22(27)18-11-12-19(23)20(15-18)25-21(26)10-6-9-17-7-4-3-5-8-17/h3-5,7-8,11-12,15-16H,6,9-10,13-14H2,1-2H3,(H,24,27)(H,25,26). The SMILES string of the molecule is CC(C)CCNC(=O)c1ccc(Cl)c(NC(=O)CCCc2ccccc2)c1. The summed E-state index contributed by atoms with van der Waals surface area (Å²) in [6.45, 7) is 4.85. The van der Waals surface area contributed by atoms with Crippen molar-refractivity contribution in [2.24, 2.45) is 5.92 Å². The van der Waals surface area contributed by atoms with Crippen molar-refractivity contribution in [3.05, 3.63) is 64.7 Å². The number of rotatable bonds is 9.